The molecule has 1 fully saturated rings. The van der Waals surface area contributed by atoms with Crippen LogP contribution in [0.5, 0.6) is 5.75 Å². The van der Waals surface area contributed by atoms with E-state index in [1.165, 1.54) is 19.3 Å². The van der Waals surface area contributed by atoms with Gasteiger partial charge in [-0.05, 0) is 66.8 Å². The molecule has 3 nitrogen and oxygen atoms in total. The minimum atomic E-state index is 0.293. The Balaban J connectivity index is 1.70. The molecule has 0 radical (unpaired) electrons. The second-order valence-electron chi connectivity index (χ2n) is 6.17. The Kier molecular flexibility index (Phi) is 3.62. The summed E-state index contributed by atoms with van der Waals surface area (Å²) in [5.41, 5.74) is 3.14. The fraction of sp³-hybridized carbons (Fsp3) is 0.250. The molecular formula is C20H20N2O. The molecule has 0 spiro atoms. The highest BCUT2D eigenvalue weighted by atomic mass is 16.3. The van der Waals surface area contributed by atoms with E-state index in [-0.39, 0.29) is 0 Å². The van der Waals surface area contributed by atoms with Crippen molar-refractivity contribution >= 4 is 16.7 Å². The van der Waals surface area contributed by atoms with E-state index in [1.807, 2.05) is 12.1 Å². The third-order valence-electron chi connectivity index (χ3n) is 4.53. The van der Waals surface area contributed by atoms with Gasteiger partial charge in [0.25, 0.3) is 0 Å². The normalized spacial score (nSPS) is 15.0. The van der Waals surface area contributed by atoms with E-state index in [9.17, 15) is 5.11 Å². The van der Waals surface area contributed by atoms with E-state index >= 15 is 0 Å². The smallest absolute Gasteiger partial charge is 0.129 e. The minimum absolute atomic E-state index is 0.293. The Morgan fingerprint density at radius 1 is 0.826 bits per heavy atom. The molecule has 2 heterocycles. The van der Waals surface area contributed by atoms with Gasteiger partial charge in [0.1, 0.15) is 11.6 Å². The Labute approximate surface area is 136 Å². The molecular weight excluding hydrogens is 284 g/mol. The quantitative estimate of drug-likeness (QED) is 0.752. The summed E-state index contributed by atoms with van der Waals surface area (Å²) in [7, 11) is 0. The number of benzene rings is 2. The number of aromatic hydroxyl groups is 1. The van der Waals surface area contributed by atoms with E-state index in [0.29, 0.717) is 5.75 Å². The van der Waals surface area contributed by atoms with Gasteiger partial charge >= 0.3 is 0 Å². The first-order valence-electron chi connectivity index (χ1n) is 8.25. The minimum Gasteiger partial charge on any atom is -0.508 e. The zero-order valence-corrected chi connectivity index (χ0v) is 13.1. The summed E-state index contributed by atoms with van der Waals surface area (Å²) in [5, 5.41) is 10.8. The van der Waals surface area contributed by atoms with Gasteiger partial charge in [-0.25, -0.2) is 4.98 Å². The fourth-order valence-electron chi connectivity index (χ4n) is 3.28. The molecule has 0 saturated carbocycles. The van der Waals surface area contributed by atoms with Crippen LogP contribution in [-0.4, -0.2) is 23.2 Å². The van der Waals surface area contributed by atoms with Crippen molar-refractivity contribution < 1.29 is 5.11 Å². The second-order valence-corrected chi connectivity index (χ2v) is 6.17. The van der Waals surface area contributed by atoms with Crippen LogP contribution < -0.4 is 4.90 Å². The van der Waals surface area contributed by atoms with E-state index in [4.69, 9.17) is 4.98 Å². The molecule has 1 N–H and O–H groups in total. The van der Waals surface area contributed by atoms with Crippen molar-refractivity contribution in [2.75, 3.05) is 18.0 Å². The molecule has 23 heavy (non-hydrogen) atoms. The van der Waals surface area contributed by atoms with Crippen LogP contribution in [0.15, 0.2) is 54.6 Å². The van der Waals surface area contributed by atoms with Gasteiger partial charge in [0.15, 0.2) is 0 Å². The molecule has 1 saturated heterocycles. The van der Waals surface area contributed by atoms with E-state index in [1.54, 1.807) is 12.1 Å². The zero-order valence-electron chi connectivity index (χ0n) is 13.1. The molecule has 116 valence electrons. The highest BCUT2D eigenvalue weighted by molar-refractivity contribution is 5.85. The summed E-state index contributed by atoms with van der Waals surface area (Å²) < 4.78 is 0. The Bertz CT molecular complexity index is 838. The van der Waals surface area contributed by atoms with Crippen LogP contribution in [0.1, 0.15) is 19.3 Å². The van der Waals surface area contributed by atoms with Crippen molar-refractivity contribution in [3.05, 3.63) is 54.6 Å². The lowest BCUT2D eigenvalue weighted by Crippen LogP contribution is -2.30. The number of fused-ring (bicyclic) bond motifs is 1. The number of hydrogen-bond donors (Lipinski definition) is 1. The number of pyridine rings is 1. The van der Waals surface area contributed by atoms with Crippen molar-refractivity contribution in [2.24, 2.45) is 0 Å². The SMILES string of the molecule is Oc1cccc(-c2ccc3nc(N4CCCCC4)ccc3c2)c1. The number of nitrogens with zero attached hydrogens (tertiary/aromatic N) is 2. The van der Waals surface area contributed by atoms with Gasteiger partial charge < -0.3 is 10.0 Å². The van der Waals surface area contributed by atoms with Gasteiger partial charge in [0.2, 0.25) is 0 Å². The standard InChI is InChI=1S/C20H20N2O/c23-18-6-4-5-15(14-18)16-7-9-19-17(13-16)8-10-20(21-19)22-11-2-1-3-12-22/h4-10,13-14,23H,1-3,11-12H2. The molecule has 0 bridgehead atoms. The first-order chi connectivity index (χ1) is 11.3. The number of phenolic OH excluding ortho intramolecular Hbond substituents is 1. The maximum atomic E-state index is 9.65. The van der Waals surface area contributed by atoms with Gasteiger partial charge in [-0.2, -0.15) is 0 Å². The number of aromatic nitrogens is 1. The van der Waals surface area contributed by atoms with Crippen molar-refractivity contribution in [1.29, 1.82) is 0 Å². The summed E-state index contributed by atoms with van der Waals surface area (Å²) in [6.45, 7) is 2.22. The number of phenols is 1. The fourth-order valence-corrected chi connectivity index (χ4v) is 3.28. The monoisotopic (exact) mass is 304 g/mol. The first kappa shape index (κ1) is 14.1. The number of hydrogen-bond acceptors (Lipinski definition) is 3. The molecule has 0 aliphatic carbocycles. The predicted molar refractivity (Wildman–Crippen MR) is 94.9 cm³/mol. The molecule has 3 aromatic rings. The molecule has 0 unspecified atom stereocenters. The second kappa shape index (κ2) is 5.92. The van der Waals surface area contributed by atoms with E-state index in [0.717, 1.165) is 40.9 Å². The Hall–Kier alpha value is -2.55. The Morgan fingerprint density at radius 3 is 2.48 bits per heavy atom. The van der Waals surface area contributed by atoms with Crippen LogP contribution in [0.2, 0.25) is 0 Å². The topological polar surface area (TPSA) is 36.4 Å². The summed E-state index contributed by atoms with van der Waals surface area (Å²) in [4.78, 5) is 7.21. The van der Waals surface area contributed by atoms with Crippen molar-refractivity contribution in [1.82, 2.24) is 4.98 Å². The van der Waals surface area contributed by atoms with Crippen LogP contribution in [0.4, 0.5) is 5.82 Å². The number of piperidine rings is 1. The van der Waals surface area contributed by atoms with Crippen LogP contribution in [0, 0.1) is 0 Å². The van der Waals surface area contributed by atoms with Crippen molar-refractivity contribution in [3.63, 3.8) is 0 Å². The van der Waals surface area contributed by atoms with Crippen LogP contribution in [0.3, 0.4) is 0 Å². The molecule has 0 atom stereocenters. The lowest BCUT2D eigenvalue weighted by molar-refractivity contribution is 0.475. The maximum Gasteiger partial charge on any atom is 0.129 e. The van der Waals surface area contributed by atoms with E-state index < -0.39 is 0 Å². The van der Waals surface area contributed by atoms with E-state index in [2.05, 4.69) is 35.2 Å². The largest absolute Gasteiger partial charge is 0.508 e. The van der Waals surface area contributed by atoms with Crippen molar-refractivity contribution in [3.8, 4) is 16.9 Å². The molecule has 4 rings (SSSR count). The van der Waals surface area contributed by atoms with Crippen LogP contribution >= 0.6 is 0 Å². The predicted octanol–water partition coefficient (Wildman–Crippen LogP) is 4.60. The summed E-state index contributed by atoms with van der Waals surface area (Å²) in [6.07, 6.45) is 3.85. The lowest BCUT2D eigenvalue weighted by Gasteiger charge is -2.27. The van der Waals surface area contributed by atoms with Gasteiger partial charge in [-0.3, -0.25) is 0 Å². The number of rotatable bonds is 2. The lowest BCUT2D eigenvalue weighted by atomic mass is 10.0. The third-order valence-corrected chi connectivity index (χ3v) is 4.53. The zero-order chi connectivity index (χ0) is 15.6. The van der Waals surface area contributed by atoms with Gasteiger partial charge in [0.05, 0.1) is 5.52 Å². The molecule has 3 heteroatoms. The van der Waals surface area contributed by atoms with Crippen LogP contribution in [0.25, 0.3) is 22.0 Å². The average Bonchev–Trinajstić information content (AvgIpc) is 2.61. The van der Waals surface area contributed by atoms with Crippen LogP contribution in [-0.2, 0) is 0 Å². The molecule has 1 aliphatic rings. The van der Waals surface area contributed by atoms with Gasteiger partial charge in [-0.15, -0.1) is 0 Å². The van der Waals surface area contributed by atoms with Crippen molar-refractivity contribution in [2.45, 2.75) is 19.3 Å². The Morgan fingerprint density at radius 2 is 1.65 bits per heavy atom. The highest BCUT2D eigenvalue weighted by Crippen LogP contribution is 2.28. The highest BCUT2D eigenvalue weighted by Gasteiger charge is 2.12. The maximum absolute atomic E-state index is 9.65. The summed E-state index contributed by atoms with van der Waals surface area (Å²) in [5.74, 6) is 1.38. The molecule has 0 amide bonds. The average molecular weight is 304 g/mol. The number of anilines is 1. The summed E-state index contributed by atoms with van der Waals surface area (Å²) >= 11 is 0. The summed E-state index contributed by atoms with van der Waals surface area (Å²) in [6, 6.07) is 17.9. The molecule has 2 aromatic carbocycles. The first-order valence-corrected chi connectivity index (χ1v) is 8.25. The van der Waals surface area contributed by atoms with Gasteiger partial charge in [-0.1, -0.05) is 18.2 Å². The molecule has 1 aliphatic heterocycles. The molecule has 1 aromatic heterocycles. The van der Waals surface area contributed by atoms with Gasteiger partial charge in [0, 0.05) is 18.5 Å². The third kappa shape index (κ3) is 2.87.